The van der Waals surface area contributed by atoms with Gasteiger partial charge in [0.05, 0.1) is 6.04 Å². The number of thiophene rings is 1. The van der Waals surface area contributed by atoms with Crippen molar-refractivity contribution in [3.63, 3.8) is 0 Å². The first-order valence-electron chi connectivity index (χ1n) is 6.41. The van der Waals surface area contributed by atoms with Crippen molar-refractivity contribution in [3.05, 3.63) is 52.2 Å². The van der Waals surface area contributed by atoms with E-state index in [1.165, 1.54) is 0 Å². The Hall–Kier alpha value is -2.34. The van der Waals surface area contributed by atoms with E-state index < -0.39 is 5.91 Å². The summed E-state index contributed by atoms with van der Waals surface area (Å²) in [6, 6.07) is 10.2. The molecule has 0 aliphatic rings. The van der Waals surface area contributed by atoms with Crippen molar-refractivity contribution < 1.29 is 14.3 Å². The van der Waals surface area contributed by atoms with Crippen molar-refractivity contribution in [1.82, 2.24) is 5.32 Å². The molecule has 0 spiro atoms. The third kappa shape index (κ3) is 4.32. The Morgan fingerprint density at radius 2 is 2.00 bits per heavy atom. The van der Waals surface area contributed by atoms with E-state index >= 15 is 0 Å². The van der Waals surface area contributed by atoms with Crippen LogP contribution in [0.4, 0.5) is 0 Å². The van der Waals surface area contributed by atoms with Crippen LogP contribution in [0, 0.1) is 0 Å². The first-order valence-corrected chi connectivity index (χ1v) is 7.29. The molecule has 110 valence electrons. The van der Waals surface area contributed by atoms with Crippen molar-refractivity contribution in [3.8, 4) is 5.75 Å². The molecule has 1 unspecified atom stereocenters. The van der Waals surface area contributed by atoms with Gasteiger partial charge in [-0.3, -0.25) is 9.59 Å². The number of hydrogen-bond donors (Lipinski definition) is 2. The predicted molar refractivity (Wildman–Crippen MR) is 81.3 cm³/mol. The Morgan fingerprint density at radius 3 is 2.57 bits per heavy atom. The quantitative estimate of drug-likeness (QED) is 0.857. The van der Waals surface area contributed by atoms with Crippen LogP contribution in [-0.4, -0.2) is 18.4 Å². The maximum absolute atomic E-state index is 11.8. The first kappa shape index (κ1) is 15.1. The van der Waals surface area contributed by atoms with E-state index in [9.17, 15) is 9.59 Å². The topological polar surface area (TPSA) is 81.4 Å². The molecule has 2 rings (SSSR count). The van der Waals surface area contributed by atoms with Crippen LogP contribution < -0.4 is 15.8 Å². The summed E-state index contributed by atoms with van der Waals surface area (Å²) >= 11 is 1.59. The number of rotatable bonds is 6. The molecule has 0 aliphatic heterocycles. The highest BCUT2D eigenvalue weighted by atomic mass is 32.1. The molecular weight excluding hydrogens is 288 g/mol. The molecule has 1 aromatic heterocycles. The van der Waals surface area contributed by atoms with Crippen LogP contribution in [-0.2, 0) is 4.79 Å². The smallest absolute Gasteiger partial charge is 0.258 e. The zero-order valence-corrected chi connectivity index (χ0v) is 12.4. The molecule has 0 bridgehead atoms. The van der Waals surface area contributed by atoms with Gasteiger partial charge in [-0.05, 0) is 42.6 Å². The van der Waals surface area contributed by atoms with Gasteiger partial charge in [0.25, 0.3) is 5.91 Å². The fraction of sp³-hybridized carbons (Fsp3) is 0.200. The van der Waals surface area contributed by atoms with Crippen molar-refractivity contribution in [2.45, 2.75) is 13.0 Å². The maximum Gasteiger partial charge on any atom is 0.258 e. The summed E-state index contributed by atoms with van der Waals surface area (Å²) in [6.45, 7) is 1.84. The number of carbonyl (C=O) groups excluding carboxylic acids is 2. The van der Waals surface area contributed by atoms with Crippen LogP contribution in [0.5, 0.6) is 5.75 Å². The summed E-state index contributed by atoms with van der Waals surface area (Å²) < 4.78 is 5.36. The molecule has 0 saturated carbocycles. The Balaban J connectivity index is 1.82. The van der Waals surface area contributed by atoms with E-state index in [0.29, 0.717) is 11.3 Å². The minimum absolute atomic E-state index is 0.0432. The van der Waals surface area contributed by atoms with E-state index in [4.69, 9.17) is 10.5 Å². The molecule has 0 aliphatic carbocycles. The molecule has 6 heteroatoms. The van der Waals surface area contributed by atoms with Crippen molar-refractivity contribution >= 4 is 23.2 Å². The van der Waals surface area contributed by atoms with Crippen LogP contribution in [0.15, 0.2) is 41.8 Å². The monoisotopic (exact) mass is 304 g/mol. The zero-order chi connectivity index (χ0) is 15.2. The van der Waals surface area contributed by atoms with Gasteiger partial charge < -0.3 is 15.8 Å². The molecule has 0 saturated heterocycles. The van der Waals surface area contributed by atoms with Crippen LogP contribution in [0.2, 0.25) is 0 Å². The standard InChI is InChI=1S/C15H16N2O3S/c1-10(13-3-2-8-21-13)17-14(18)9-20-12-6-4-11(5-7-12)15(16)19/h2-8,10H,9H2,1H3,(H2,16,19)(H,17,18). The number of primary amides is 1. The van der Waals surface area contributed by atoms with Crippen LogP contribution in [0.25, 0.3) is 0 Å². The largest absolute Gasteiger partial charge is 0.484 e. The molecule has 0 radical (unpaired) electrons. The second-order valence-electron chi connectivity index (χ2n) is 4.48. The van der Waals surface area contributed by atoms with Crippen LogP contribution in [0.1, 0.15) is 28.2 Å². The summed E-state index contributed by atoms with van der Waals surface area (Å²) in [5, 5.41) is 4.82. The molecule has 0 fully saturated rings. The lowest BCUT2D eigenvalue weighted by atomic mass is 10.2. The van der Waals surface area contributed by atoms with Gasteiger partial charge in [0, 0.05) is 10.4 Å². The number of benzene rings is 1. The SMILES string of the molecule is CC(NC(=O)COc1ccc(C(N)=O)cc1)c1cccs1. The summed E-state index contributed by atoms with van der Waals surface area (Å²) in [5.74, 6) is -0.183. The minimum Gasteiger partial charge on any atom is -0.484 e. The Labute approximate surface area is 126 Å². The second-order valence-corrected chi connectivity index (χ2v) is 5.46. The number of carbonyl (C=O) groups is 2. The second kappa shape index (κ2) is 6.90. The summed E-state index contributed by atoms with van der Waals surface area (Å²) in [7, 11) is 0. The maximum atomic E-state index is 11.8. The Bertz CT molecular complexity index is 608. The lowest BCUT2D eigenvalue weighted by Gasteiger charge is -2.12. The highest BCUT2D eigenvalue weighted by Gasteiger charge is 2.10. The molecule has 3 N–H and O–H groups in total. The Morgan fingerprint density at radius 1 is 1.29 bits per heavy atom. The van der Waals surface area contributed by atoms with Crippen molar-refractivity contribution in [2.75, 3.05) is 6.61 Å². The van der Waals surface area contributed by atoms with Gasteiger partial charge in [-0.15, -0.1) is 11.3 Å². The lowest BCUT2D eigenvalue weighted by molar-refractivity contribution is -0.123. The lowest BCUT2D eigenvalue weighted by Crippen LogP contribution is -2.30. The van der Waals surface area contributed by atoms with Crippen molar-refractivity contribution in [1.29, 1.82) is 0 Å². The average Bonchev–Trinajstić information content (AvgIpc) is 3.00. The molecule has 1 atom stereocenters. The molecular formula is C15H16N2O3S. The van der Waals surface area contributed by atoms with Gasteiger partial charge in [0.15, 0.2) is 6.61 Å². The molecule has 2 aromatic rings. The number of nitrogens with two attached hydrogens (primary N) is 1. The normalized spacial score (nSPS) is 11.7. The molecule has 5 nitrogen and oxygen atoms in total. The van der Waals surface area contributed by atoms with E-state index in [0.717, 1.165) is 4.88 Å². The predicted octanol–water partition coefficient (Wildman–Crippen LogP) is 2.10. The summed E-state index contributed by atoms with van der Waals surface area (Å²) in [6.07, 6.45) is 0. The molecule has 1 heterocycles. The third-order valence-electron chi connectivity index (χ3n) is 2.86. The number of amides is 2. The molecule has 21 heavy (non-hydrogen) atoms. The van der Waals surface area contributed by atoms with Gasteiger partial charge in [0.2, 0.25) is 5.91 Å². The van der Waals surface area contributed by atoms with E-state index in [1.54, 1.807) is 35.6 Å². The van der Waals surface area contributed by atoms with Gasteiger partial charge in [0.1, 0.15) is 5.75 Å². The highest BCUT2D eigenvalue weighted by molar-refractivity contribution is 7.10. The van der Waals surface area contributed by atoms with Gasteiger partial charge in [-0.1, -0.05) is 6.07 Å². The van der Waals surface area contributed by atoms with Gasteiger partial charge in [-0.2, -0.15) is 0 Å². The third-order valence-corrected chi connectivity index (χ3v) is 3.91. The number of nitrogens with one attached hydrogen (secondary N) is 1. The van der Waals surface area contributed by atoms with Gasteiger partial charge in [-0.25, -0.2) is 0 Å². The van der Waals surface area contributed by atoms with E-state index in [-0.39, 0.29) is 18.6 Å². The van der Waals surface area contributed by atoms with Crippen LogP contribution in [0.3, 0.4) is 0 Å². The fourth-order valence-electron chi connectivity index (χ4n) is 1.76. The zero-order valence-electron chi connectivity index (χ0n) is 11.5. The van der Waals surface area contributed by atoms with Crippen molar-refractivity contribution in [2.24, 2.45) is 5.73 Å². The Kier molecular flexibility index (Phi) is 4.94. The van der Waals surface area contributed by atoms with Gasteiger partial charge >= 0.3 is 0 Å². The fourth-order valence-corrected chi connectivity index (χ4v) is 2.49. The number of ether oxygens (including phenoxy) is 1. The van der Waals surface area contributed by atoms with E-state index in [1.807, 2.05) is 24.4 Å². The number of hydrogen-bond acceptors (Lipinski definition) is 4. The average molecular weight is 304 g/mol. The molecule has 1 aromatic carbocycles. The summed E-state index contributed by atoms with van der Waals surface area (Å²) in [5.41, 5.74) is 5.55. The minimum atomic E-state index is -0.496. The van der Waals surface area contributed by atoms with Crippen LogP contribution >= 0.6 is 11.3 Å². The van der Waals surface area contributed by atoms with E-state index in [2.05, 4.69) is 5.32 Å². The summed E-state index contributed by atoms with van der Waals surface area (Å²) in [4.78, 5) is 23.8. The first-order chi connectivity index (χ1) is 10.1. The molecule has 2 amide bonds. The highest BCUT2D eigenvalue weighted by Crippen LogP contribution is 2.18.